The smallest absolute Gasteiger partial charge is 0.145 e. The van der Waals surface area contributed by atoms with Crippen LogP contribution >= 0.6 is 0 Å². The lowest BCUT2D eigenvalue weighted by atomic mass is 10.0. The number of hydrogen-bond donors (Lipinski definition) is 1. The highest BCUT2D eigenvalue weighted by Gasteiger charge is 2.11. The van der Waals surface area contributed by atoms with Crippen molar-refractivity contribution in [3.05, 3.63) is 59.4 Å². The van der Waals surface area contributed by atoms with Gasteiger partial charge in [0.2, 0.25) is 0 Å². The molecule has 0 radical (unpaired) electrons. The number of nitrogens with two attached hydrogens (primary N) is 1. The van der Waals surface area contributed by atoms with E-state index in [1.807, 2.05) is 6.92 Å². The summed E-state index contributed by atoms with van der Waals surface area (Å²) in [6, 6.07) is 6.14. The molecule has 2 N–H and O–H groups in total. The van der Waals surface area contributed by atoms with E-state index in [4.69, 9.17) is 5.73 Å². The predicted molar refractivity (Wildman–Crippen MR) is 63.8 cm³/mol. The minimum absolute atomic E-state index is 0.244. The molecule has 1 aromatic carbocycles. The van der Waals surface area contributed by atoms with Crippen LogP contribution in [0.15, 0.2) is 36.7 Å². The number of benzene rings is 1. The van der Waals surface area contributed by atoms with Crippen molar-refractivity contribution in [2.45, 2.75) is 19.4 Å². The van der Waals surface area contributed by atoms with Crippen LogP contribution in [0.3, 0.4) is 0 Å². The molecule has 0 fully saturated rings. The Kier molecular flexibility index (Phi) is 3.44. The van der Waals surface area contributed by atoms with Gasteiger partial charge in [-0.25, -0.2) is 14.4 Å². The summed E-state index contributed by atoms with van der Waals surface area (Å²) in [4.78, 5) is 8.19. The van der Waals surface area contributed by atoms with Gasteiger partial charge in [0.15, 0.2) is 0 Å². The number of nitrogens with zero attached hydrogens (tertiary/aromatic N) is 2. The molecule has 88 valence electrons. The quantitative estimate of drug-likeness (QED) is 0.880. The summed E-state index contributed by atoms with van der Waals surface area (Å²) in [5.41, 5.74) is 7.92. The molecule has 0 saturated carbocycles. The van der Waals surface area contributed by atoms with E-state index in [1.54, 1.807) is 24.5 Å². The number of aryl methyl sites for hydroxylation is 1. The van der Waals surface area contributed by atoms with E-state index in [9.17, 15) is 4.39 Å². The van der Waals surface area contributed by atoms with Gasteiger partial charge in [-0.15, -0.1) is 0 Å². The summed E-state index contributed by atoms with van der Waals surface area (Å²) in [5.74, 6) is 0.336. The normalized spacial score (nSPS) is 12.4. The topological polar surface area (TPSA) is 51.8 Å². The van der Waals surface area contributed by atoms with Crippen molar-refractivity contribution in [3.8, 4) is 0 Å². The first-order valence-electron chi connectivity index (χ1n) is 5.44. The first-order valence-corrected chi connectivity index (χ1v) is 5.44. The minimum atomic E-state index is -0.309. The molecule has 0 spiro atoms. The van der Waals surface area contributed by atoms with E-state index in [0.29, 0.717) is 12.2 Å². The van der Waals surface area contributed by atoms with E-state index >= 15 is 0 Å². The summed E-state index contributed by atoms with van der Waals surface area (Å²) in [7, 11) is 0. The molecule has 1 aromatic heterocycles. The molecule has 4 heteroatoms. The van der Waals surface area contributed by atoms with Crippen molar-refractivity contribution in [2.24, 2.45) is 5.73 Å². The van der Waals surface area contributed by atoms with Crippen LogP contribution in [0.1, 0.15) is 23.0 Å². The second-order valence-corrected chi connectivity index (χ2v) is 3.99. The largest absolute Gasteiger partial charge is 0.321 e. The van der Waals surface area contributed by atoms with Gasteiger partial charge in [-0.2, -0.15) is 0 Å². The van der Waals surface area contributed by atoms with Crippen molar-refractivity contribution in [2.75, 3.05) is 0 Å². The number of rotatable bonds is 3. The number of hydrogen-bond acceptors (Lipinski definition) is 3. The van der Waals surface area contributed by atoms with E-state index in [0.717, 1.165) is 11.1 Å². The summed E-state index contributed by atoms with van der Waals surface area (Å²) < 4.78 is 13.1. The highest BCUT2D eigenvalue weighted by Crippen LogP contribution is 2.16. The molecule has 3 nitrogen and oxygen atoms in total. The van der Waals surface area contributed by atoms with E-state index in [-0.39, 0.29) is 11.9 Å². The molecule has 0 aliphatic carbocycles. The first kappa shape index (κ1) is 11.7. The fraction of sp³-hybridized carbons (Fsp3) is 0.231. The lowest BCUT2D eigenvalue weighted by Gasteiger charge is -2.12. The maximum Gasteiger partial charge on any atom is 0.145 e. The van der Waals surface area contributed by atoms with Crippen molar-refractivity contribution in [1.29, 1.82) is 0 Å². The van der Waals surface area contributed by atoms with Gasteiger partial charge >= 0.3 is 0 Å². The molecule has 1 atom stereocenters. The monoisotopic (exact) mass is 231 g/mol. The Bertz CT molecular complexity index is 499. The highest BCUT2D eigenvalue weighted by molar-refractivity contribution is 5.27. The fourth-order valence-electron chi connectivity index (χ4n) is 1.69. The van der Waals surface area contributed by atoms with Crippen LogP contribution in [-0.4, -0.2) is 9.97 Å². The molecule has 2 aromatic rings. The van der Waals surface area contributed by atoms with Crippen LogP contribution in [0.25, 0.3) is 0 Å². The fourth-order valence-corrected chi connectivity index (χ4v) is 1.69. The number of halogens is 1. The highest BCUT2D eigenvalue weighted by atomic mass is 19.1. The zero-order valence-corrected chi connectivity index (χ0v) is 9.60. The van der Waals surface area contributed by atoms with E-state index in [1.165, 1.54) is 12.1 Å². The molecular weight excluding hydrogens is 217 g/mol. The standard InChI is InChI=1S/C13H14FN3/c1-9-3-4-11(14)7-10(9)8-12(15)13-16-5-2-6-17-13/h2-7,12H,8,15H2,1H3. The van der Waals surface area contributed by atoms with Crippen molar-refractivity contribution < 1.29 is 4.39 Å². The molecule has 0 bridgehead atoms. The zero-order valence-electron chi connectivity index (χ0n) is 9.60. The first-order chi connectivity index (χ1) is 8.16. The second-order valence-electron chi connectivity index (χ2n) is 3.99. The van der Waals surface area contributed by atoms with E-state index in [2.05, 4.69) is 9.97 Å². The molecule has 1 heterocycles. The Balaban J connectivity index is 2.18. The third-order valence-corrected chi connectivity index (χ3v) is 2.67. The van der Waals surface area contributed by atoms with Gasteiger partial charge in [0.1, 0.15) is 11.6 Å². The van der Waals surface area contributed by atoms with Crippen molar-refractivity contribution in [1.82, 2.24) is 9.97 Å². The summed E-state index contributed by atoms with van der Waals surface area (Å²) in [6.45, 7) is 1.94. The Labute approximate surface area is 99.5 Å². The molecule has 0 amide bonds. The zero-order chi connectivity index (χ0) is 12.3. The molecule has 17 heavy (non-hydrogen) atoms. The van der Waals surface area contributed by atoms with Gasteiger partial charge < -0.3 is 5.73 Å². The van der Waals surface area contributed by atoms with Gasteiger partial charge in [0.05, 0.1) is 6.04 Å². The summed E-state index contributed by atoms with van der Waals surface area (Å²) in [6.07, 6.45) is 3.84. The molecule has 0 aliphatic rings. The SMILES string of the molecule is Cc1ccc(F)cc1CC(N)c1ncccn1. The Morgan fingerprint density at radius 3 is 2.71 bits per heavy atom. The van der Waals surface area contributed by atoms with Gasteiger partial charge in [0.25, 0.3) is 0 Å². The molecule has 2 rings (SSSR count). The molecule has 0 saturated heterocycles. The second kappa shape index (κ2) is 5.01. The Morgan fingerprint density at radius 2 is 2.00 bits per heavy atom. The maximum atomic E-state index is 13.1. The van der Waals surface area contributed by atoms with E-state index < -0.39 is 0 Å². The van der Waals surface area contributed by atoms with Gasteiger partial charge in [0, 0.05) is 12.4 Å². The predicted octanol–water partition coefficient (Wildman–Crippen LogP) is 2.17. The minimum Gasteiger partial charge on any atom is -0.321 e. The molecular formula is C13H14FN3. The van der Waals surface area contributed by atoms with Gasteiger partial charge in [-0.3, -0.25) is 0 Å². The van der Waals surface area contributed by atoms with Gasteiger partial charge in [-0.1, -0.05) is 6.07 Å². The van der Waals surface area contributed by atoms with Gasteiger partial charge in [-0.05, 0) is 42.7 Å². The van der Waals surface area contributed by atoms with Crippen LogP contribution < -0.4 is 5.73 Å². The van der Waals surface area contributed by atoms with Crippen LogP contribution in [-0.2, 0) is 6.42 Å². The van der Waals surface area contributed by atoms with Crippen LogP contribution in [0.2, 0.25) is 0 Å². The lowest BCUT2D eigenvalue weighted by molar-refractivity contribution is 0.617. The lowest BCUT2D eigenvalue weighted by Crippen LogP contribution is -2.17. The van der Waals surface area contributed by atoms with Crippen LogP contribution in [0.4, 0.5) is 4.39 Å². The van der Waals surface area contributed by atoms with Crippen molar-refractivity contribution >= 4 is 0 Å². The maximum absolute atomic E-state index is 13.1. The van der Waals surface area contributed by atoms with Crippen LogP contribution in [0.5, 0.6) is 0 Å². The third kappa shape index (κ3) is 2.85. The summed E-state index contributed by atoms with van der Waals surface area (Å²) >= 11 is 0. The Morgan fingerprint density at radius 1 is 1.29 bits per heavy atom. The van der Waals surface area contributed by atoms with Crippen molar-refractivity contribution in [3.63, 3.8) is 0 Å². The average molecular weight is 231 g/mol. The average Bonchev–Trinajstić information content (AvgIpc) is 2.35. The third-order valence-electron chi connectivity index (χ3n) is 2.67. The summed E-state index contributed by atoms with van der Waals surface area (Å²) in [5, 5.41) is 0. The molecule has 0 aliphatic heterocycles. The number of aromatic nitrogens is 2. The van der Waals surface area contributed by atoms with Crippen LogP contribution in [0, 0.1) is 12.7 Å². The Hall–Kier alpha value is -1.81. The molecule has 1 unspecified atom stereocenters.